The topological polar surface area (TPSA) is 40.5 Å². The number of aromatic hydroxyl groups is 1. The van der Waals surface area contributed by atoms with E-state index in [1.807, 2.05) is 26.0 Å². The number of rotatable bonds is 1. The maximum Gasteiger partial charge on any atom is 0.124 e. The molecule has 1 aromatic carbocycles. The molecule has 1 fully saturated rings. The fourth-order valence-corrected chi connectivity index (χ4v) is 1.70. The number of phenols is 1. The summed E-state index contributed by atoms with van der Waals surface area (Å²) in [7, 11) is 0. The van der Waals surface area contributed by atoms with Crippen LogP contribution in [-0.4, -0.2) is 10.2 Å². The molecule has 13 heavy (non-hydrogen) atoms. The van der Waals surface area contributed by atoms with E-state index < -0.39 is 5.60 Å². The molecule has 0 saturated heterocycles. The number of hydrogen-bond acceptors (Lipinski definition) is 2. The fraction of sp³-hybridized carbons (Fsp3) is 0.455. The highest BCUT2D eigenvalue weighted by atomic mass is 16.3. The minimum Gasteiger partial charge on any atom is -0.507 e. The van der Waals surface area contributed by atoms with E-state index in [2.05, 4.69) is 0 Å². The summed E-state index contributed by atoms with van der Waals surface area (Å²) in [5.74, 6) is 0.255. The lowest BCUT2D eigenvalue weighted by atomic mass is 10.00. The molecule has 0 spiro atoms. The van der Waals surface area contributed by atoms with Crippen molar-refractivity contribution in [1.29, 1.82) is 0 Å². The highest BCUT2D eigenvalue weighted by molar-refractivity contribution is 5.47. The van der Waals surface area contributed by atoms with Gasteiger partial charge in [0, 0.05) is 5.56 Å². The summed E-state index contributed by atoms with van der Waals surface area (Å²) in [5.41, 5.74) is 1.90. The molecule has 0 aromatic heterocycles. The molecular weight excluding hydrogens is 164 g/mol. The Morgan fingerprint density at radius 2 is 1.85 bits per heavy atom. The molecule has 2 N–H and O–H groups in total. The zero-order chi connectivity index (χ0) is 9.64. The van der Waals surface area contributed by atoms with E-state index in [0.717, 1.165) is 24.0 Å². The Morgan fingerprint density at radius 1 is 1.23 bits per heavy atom. The highest BCUT2D eigenvalue weighted by Gasteiger charge is 2.44. The number of aryl methyl sites for hydroxylation is 2. The van der Waals surface area contributed by atoms with Gasteiger partial charge in [-0.3, -0.25) is 0 Å². The maximum atomic E-state index is 9.87. The quantitative estimate of drug-likeness (QED) is 0.690. The van der Waals surface area contributed by atoms with Crippen LogP contribution in [0.25, 0.3) is 0 Å². The minimum atomic E-state index is -0.735. The first-order chi connectivity index (χ1) is 6.03. The van der Waals surface area contributed by atoms with Crippen LogP contribution >= 0.6 is 0 Å². The van der Waals surface area contributed by atoms with Crippen LogP contribution in [0, 0.1) is 13.8 Å². The van der Waals surface area contributed by atoms with Crippen molar-refractivity contribution in [3.05, 3.63) is 28.8 Å². The molecule has 0 unspecified atom stereocenters. The van der Waals surface area contributed by atoms with Crippen molar-refractivity contribution < 1.29 is 10.2 Å². The summed E-state index contributed by atoms with van der Waals surface area (Å²) >= 11 is 0. The van der Waals surface area contributed by atoms with Crippen molar-refractivity contribution in [2.45, 2.75) is 32.3 Å². The van der Waals surface area contributed by atoms with Crippen LogP contribution in [0.5, 0.6) is 5.75 Å². The van der Waals surface area contributed by atoms with Crippen molar-refractivity contribution in [1.82, 2.24) is 0 Å². The molecule has 0 bridgehead atoms. The predicted octanol–water partition coefficient (Wildman–Crippen LogP) is 1.99. The number of hydrogen-bond donors (Lipinski definition) is 2. The third-order valence-corrected chi connectivity index (χ3v) is 2.67. The van der Waals surface area contributed by atoms with E-state index in [1.54, 1.807) is 0 Å². The number of benzene rings is 1. The third kappa shape index (κ3) is 1.31. The summed E-state index contributed by atoms with van der Waals surface area (Å²) in [6.07, 6.45) is 1.53. The molecule has 1 aromatic rings. The van der Waals surface area contributed by atoms with Gasteiger partial charge in [0.05, 0.1) is 5.60 Å². The molecule has 2 rings (SSSR count). The van der Waals surface area contributed by atoms with E-state index in [0.29, 0.717) is 5.56 Å². The molecule has 2 heteroatoms. The van der Waals surface area contributed by atoms with Gasteiger partial charge in [0.25, 0.3) is 0 Å². The zero-order valence-electron chi connectivity index (χ0n) is 7.96. The SMILES string of the molecule is Cc1cc(C)c(O)c(C2(O)CC2)c1. The van der Waals surface area contributed by atoms with Crippen molar-refractivity contribution in [3.8, 4) is 5.75 Å². The average Bonchev–Trinajstić information content (AvgIpc) is 2.77. The van der Waals surface area contributed by atoms with Crippen molar-refractivity contribution in [2.24, 2.45) is 0 Å². The van der Waals surface area contributed by atoms with Gasteiger partial charge in [-0.05, 0) is 38.3 Å². The highest BCUT2D eigenvalue weighted by Crippen LogP contribution is 2.49. The van der Waals surface area contributed by atoms with E-state index in [4.69, 9.17) is 0 Å². The Balaban J connectivity index is 2.56. The van der Waals surface area contributed by atoms with E-state index in [-0.39, 0.29) is 5.75 Å². The molecule has 0 amide bonds. The molecule has 1 aliphatic carbocycles. The van der Waals surface area contributed by atoms with Crippen LogP contribution in [0.3, 0.4) is 0 Å². The van der Waals surface area contributed by atoms with Gasteiger partial charge in [-0.25, -0.2) is 0 Å². The molecule has 70 valence electrons. The number of aliphatic hydroxyl groups is 1. The molecular formula is C11H14O2. The van der Waals surface area contributed by atoms with Gasteiger partial charge in [0.2, 0.25) is 0 Å². The lowest BCUT2D eigenvalue weighted by Gasteiger charge is -2.13. The largest absolute Gasteiger partial charge is 0.507 e. The van der Waals surface area contributed by atoms with Gasteiger partial charge < -0.3 is 10.2 Å². The first-order valence-electron chi connectivity index (χ1n) is 4.56. The Labute approximate surface area is 77.8 Å². The van der Waals surface area contributed by atoms with Crippen LogP contribution in [0.4, 0.5) is 0 Å². The van der Waals surface area contributed by atoms with Gasteiger partial charge in [0.1, 0.15) is 5.75 Å². The van der Waals surface area contributed by atoms with Gasteiger partial charge in [-0.15, -0.1) is 0 Å². The molecule has 0 heterocycles. The summed E-state index contributed by atoms with van der Waals surface area (Å²) < 4.78 is 0. The maximum absolute atomic E-state index is 9.87. The van der Waals surface area contributed by atoms with Crippen LogP contribution in [0.1, 0.15) is 29.5 Å². The second-order valence-corrected chi connectivity index (χ2v) is 4.01. The summed E-state index contributed by atoms with van der Waals surface area (Å²) in [6, 6.07) is 3.79. The van der Waals surface area contributed by atoms with Gasteiger partial charge >= 0.3 is 0 Å². The zero-order valence-corrected chi connectivity index (χ0v) is 7.96. The molecule has 2 nitrogen and oxygen atoms in total. The van der Waals surface area contributed by atoms with Gasteiger partial charge in [-0.1, -0.05) is 11.6 Å². The average molecular weight is 178 g/mol. The first-order valence-corrected chi connectivity index (χ1v) is 4.56. The normalized spacial score (nSPS) is 18.7. The molecule has 1 saturated carbocycles. The minimum absolute atomic E-state index is 0.255. The van der Waals surface area contributed by atoms with Crippen LogP contribution in [0.2, 0.25) is 0 Å². The molecule has 1 aliphatic rings. The van der Waals surface area contributed by atoms with E-state index >= 15 is 0 Å². The fourth-order valence-electron chi connectivity index (χ4n) is 1.70. The van der Waals surface area contributed by atoms with E-state index in [9.17, 15) is 10.2 Å². The Kier molecular flexibility index (Phi) is 1.64. The lowest BCUT2D eigenvalue weighted by molar-refractivity contribution is 0.147. The summed E-state index contributed by atoms with van der Waals surface area (Å²) in [4.78, 5) is 0. The van der Waals surface area contributed by atoms with Crippen molar-refractivity contribution >= 4 is 0 Å². The standard InChI is InChI=1S/C11H14O2/c1-7-5-8(2)10(12)9(6-7)11(13)3-4-11/h5-6,12-13H,3-4H2,1-2H3. The monoisotopic (exact) mass is 178 g/mol. The summed E-state index contributed by atoms with van der Waals surface area (Å²) in [5, 5.41) is 19.6. The second kappa shape index (κ2) is 2.48. The van der Waals surface area contributed by atoms with Gasteiger partial charge in [-0.2, -0.15) is 0 Å². The lowest BCUT2D eigenvalue weighted by Crippen LogP contribution is -2.05. The first kappa shape index (κ1) is 8.57. The van der Waals surface area contributed by atoms with Crippen LogP contribution < -0.4 is 0 Å². The summed E-state index contributed by atoms with van der Waals surface area (Å²) in [6.45, 7) is 3.83. The van der Waals surface area contributed by atoms with Crippen LogP contribution in [-0.2, 0) is 5.60 Å². The van der Waals surface area contributed by atoms with Gasteiger partial charge in [0.15, 0.2) is 0 Å². The third-order valence-electron chi connectivity index (χ3n) is 2.67. The molecule has 0 radical (unpaired) electrons. The number of phenolic OH excluding ortho intramolecular Hbond substituents is 1. The second-order valence-electron chi connectivity index (χ2n) is 4.01. The predicted molar refractivity (Wildman–Crippen MR) is 50.7 cm³/mol. The van der Waals surface area contributed by atoms with E-state index in [1.165, 1.54) is 0 Å². The Bertz CT molecular complexity index is 351. The van der Waals surface area contributed by atoms with Crippen molar-refractivity contribution in [3.63, 3.8) is 0 Å². The smallest absolute Gasteiger partial charge is 0.124 e. The molecule has 0 aliphatic heterocycles. The van der Waals surface area contributed by atoms with Crippen molar-refractivity contribution in [2.75, 3.05) is 0 Å². The molecule has 0 atom stereocenters. The Hall–Kier alpha value is -1.02. The van der Waals surface area contributed by atoms with Crippen LogP contribution in [0.15, 0.2) is 12.1 Å². The Morgan fingerprint density at radius 3 is 2.38 bits per heavy atom.